The zero-order valence-electron chi connectivity index (χ0n) is 14.0. The minimum absolute atomic E-state index is 0.145. The van der Waals surface area contributed by atoms with Gasteiger partial charge in [-0.25, -0.2) is 4.39 Å². The maximum absolute atomic E-state index is 14.3. The Labute approximate surface area is 146 Å². The predicted molar refractivity (Wildman–Crippen MR) is 98.5 cm³/mol. The van der Waals surface area contributed by atoms with Crippen LogP contribution in [0.25, 0.3) is 11.1 Å². The van der Waals surface area contributed by atoms with Crippen LogP contribution in [0.5, 0.6) is 0 Å². The monoisotopic (exact) mass is 353 g/mol. The van der Waals surface area contributed by atoms with Gasteiger partial charge in [0.15, 0.2) is 0 Å². The van der Waals surface area contributed by atoms with Crippen LogP contribution in [0.4, 0.5) is 4.39 Å². The molecule has 0 atom stereocenters. The highest BCUT2D eigenvalue weighted by Crippen LogP contribution is 2.32. The van der Waals surface area contributed by atoms with E-state index in [1.54, 1.807) is 50.4 Å². The number of halogens is 2. The molecule has 1 amide bonds. The fourth-order valence-electron chi connectivity index (χ4n) is 1.98. The van der Waals surface area contributed by atoms with Crippen molar-refractivity contribution in [3.05, 3.63) is 58.4 Å². The first kappa shape index (κ1) is 19.5. The minimum atomic E-state index is -0.317. The van der Waals surface area contributed by atoms with Crippen molar-refractivity contribution >= 4 is 29.5 Å². The highest BCUT2D eigenvalue weighted by molar-refractivity contribution is 7.96. The maximum atomic E-state index is 14.3. The number of amides is 1. The summed E-state index contributed by atoms with van der Waals surface area (Å²) >= 11 is 7.49. The molecule has 0 bridgehead atoms. The van der Waals surface area contributed by atoms with Crippen LogP contribution in [0, 0.1) is 12.7 Å². The van der Waals surface area contributed by atoms with Gasteiger partial charge in [0.2, 0.25) is 0 Å². The van der Waals surface area contributed by atoms with Gasteiger partial charge >= 0.3 is 0 Å². The largest absolute Gasteiger partial charge is 0.286 e. The molecule has 0 fully saturated rings. The zero-order chi connectivity index (χ0) is 17.6. The molecule has 0 aliphatic carbocycles. The summed E-state index contributed by atoms with van der Waals surface area (Å²) < 4.78 is 15.8. The molecular weight excluding hydrogens is 333 g/mol. The molecule has 0 radical (unpaired) electrons. The first-order chi connectivity index (χ1) is 11.0. The van der Waals surface area contributed by atoms with Crippen LogP contribution < -0.4 is 0 Å². The van der Waals surface area contributed by atoms with Gasteiger partial charge in [-0.3, -0.25) is 9.10 Å². The van der Waals surface area contributed by atoms with Gasteiger partial charge in [0.1, 0.15) is 5.82 Å². The molecule has 0 aromatic heterocycles. The molecule has 23 heavy (non-hydrogen) atoms. The molecule has 0 aliphatic heterocycles. The molecule has 0 saturated heterocycles. The molecule has 0 spiro atoms. The van der Waals surface area contributed by atoms with Gasteiger partial charge in [-0.2, -0.15) is 0 Å². The van der Waals surface area contributed by atoms with Crippen LogP contribution in [0.15, 0.2) is 36.4 Å². The van der Waals surface area contributed by atoms with Gasteiger partial charge in [-0.1, -0.05) is 55.6 Å². The predicted octanol–water partition coefficient (Wildman–Crippen LogP) is 5.83. The first-order valence-corrected chi connectivity index (χ1v) is 8.89. The van der Waals surface area contributed by atoms with Crippen LogP contribution in [0.2, 0.25) is 5.02 Å². The van der Waals surface area contributed by atoms with Crippen molar-refractivity contribution in [2.45, 2.75) is 20.8 Å². The lowest BCUT2D eigenvalue weighted by atomic mass is 10.00. The van der Waals surface area contributed by atoms with Gasteiger partial charge < -0.3 is 0 Å². The van der Waals surface area contributed by atoms with Crippen molar-refractivity contribution in [3.63, 3.8) is 0 Å². The second-order valence-corrected chi connectivity index (χ2v) is 5.94. The summed E-state index contributed by atoms with van der Waals surface area (Å²) in [6.45, 7) is 5.70. The zero-order valence-corrected chi connectivity index (χ0v) is 15.6. The average Bonchev–Trinajstić information content (AvgIpc) is 2.58. The molecule has 0 unspecified atom stereocenters. The van der Waals surface area contributed by atoms with Crippen molar-refractivity contribution in [1.82, 2.24) is 4.31 Å². The van der Waals surface area contributed by atoms with E-state index in [0.717, 1.165) is 0 Å². The third-order valence-electron chi connectivity index (χ3n) is 3.26. The van der Waals surface area contributed by atoms with Crippen molar-refractivity contribution < 1.29 is 9.18 Å². The van der Waals surface area contributed by atoms with Crippen LogP contribution in [0.3, 0.4) is 0 Å². The number of carbonyl (C=O) groups is 1. The summed E-state index contributed by atoms with van der Waals surface area (Å²) in [4.78, 5) is 12.2. The second kappa shape index (κ2) is 8.94. The Morgan fingerprint density at radius 3 is 2.43 bits per heavy atom. The second-order valence-electron chi connectivity index (χ2n) is 4.62. The first-order valence-electron chi connectivity index (χ1n) is 7.33. The number of hydrogen-bond acceptors (Lipinski definition) is 2. The van der Waals surface area contributed by atoms with E-state index in [2.05, 4.69) is 0 Å². The molecular formula is C18H21ClFNOS. The number of nitrogens with zero attached hydrogens (tertiary/aromatic N) is 1. The third-order valence-corrected chi connectivity index (χ3v) is 4.30. The molecule has 2 aromatic rings. The molecule has 124 valence electrons. The molecule has 0 aliphatic rings. The Balaban J connectivity index is 0.00000127. The Hall–Kier alpha value is -1.52. The standard InChI is InChI=1S/C16H15ClFNOS.C2H6/c1-10-5-4-6-12(15(10)18)13-9-11(7-8-14(13)17)16(20)19(2)21-3;1-2/h4-9H,1-3H3;1-2H3. The van der Waals surface area contributed by atoms with Crippen molar-refractivity contribution in [2.75, 3.05) is 13.3 Å². The number of rotatable bonds is 3. The number of benzene rings is 2. The van der Waals surface area contributed by atoms with E-state index in [0.29, 0.717) is 27.3 Å². The Morgan fingerprint density at radius 2 is 1.83 bits per heavy atom. The Bertz CT molecular complexity index is 691. The van der Waals surface area contributed by atoms with E-state index in [1.165, 1.54) is 16.3 Å². The Kier molecular flexibility index (Phi) is 7.59. The van der Waals surface area contributed by atoms with Crippen LogP contribution in [0.1, 0.15) is 29.8 Å². The van der Waals surface area contributed by atoms with Crippen LogP contribution >= 0.6 is 23.5 Å². The summed E-state index contributed by atoms with van der Waals surface area (Å²) in [6, 6.07) is 10.0. The molecule has 5 heteroatoms. The van der Waals surface area contributed by atoms with Gasteiger partial charge in [0.25, 0.3) is 5.91 Å². The van der Waals surface area contributed by atoms with Gasteiger partial charge in [0, 0.05) is 35.0 Å². The molecule has 0 saturated carbocycles. The van der Waals surface area contributed by atoms with E-state index in [4.69, 9.17) is 11.6 Å². The number of aryl methyl sites for hydroxylation is 1. The smallest absolute Gasteiger partial charge is 0.263 e. The SMILES string of the molecule is CC.CSN(C)C(=O)c1ccc(Cl)c(-c2cccc(C)c2F)c1. The van der Waals surface area contributed by atoms with Crippen LogP contribution in [-0.4, -0.2) is 23.5 Å². The fraction of sp³-hybridized carbons (Fsp3) is 0.278. The van der Waals surface area contributed by atoms with Crippen LogP contribution in [-0.2, 0) is 0 Å². The van der Waals surface area contributed by atoms with Crippen molar-refractivity contribution in [1.29, 1.82) is 0 Å². The maximum Gasteiger partial charge on any atom is 0.263 e. The summed E-state index contributed by atoms with van der Waals surface area (Å²) in [5, 5.41) is 0.419. The highest BCUT2D eigenvalue weighted by atomic mass is 35.5. The quantitative estimate of drug-likeness (QED) is 0.647. The molecule has 0 N–H and O–H groups in total. The average molecular weight is 354 g/mol. The lowest BCUT2D eigenvalue weighted by Gasteiger charge is -2.15. The van der Waals surface area contributed by atoms with Gasteiger partial charge in [-0.05, 0) is 30.7 Å². The number of hydrogen-bond donors (Lipinski definition) is 0. The van der Waals surface area contributed by atoms with Crippen molar-refractivity contribution in [2.24, 2.45) is 0 Å². The number of carbonyl (C=O) groups excluding carboxylic acids is 1. The van der Waals surface area contributed by atoms with E-state index < -0.39 is 0 Å². The summed E-state index contributed by atoms with van der Waals surface area (Å²) in [7, 11) is 1.69. The summed E-state index contributed by atoms with van der Waals surface area (Å²) in [5.74, 6) is -0.462. The molecule has 0 heterocycles. The van der Waals surface area contributed by atoms with E-state index in [1.807, 2.05) is 20.1 Å². The van der Waals surface area contributed by atoms with Gasteiger partial charge in [0.05, 0.1) is 0 Å². The summed E-state index contributed by atoms with van der Waals surface area (Å²) in [5.41, 5.74) is 1.95. The van der Waals surface area contributed by atoms with Crippen molar-refractivity contribution in [3.8, 4) is 11.1 Å². The van der Waals surface area contributed by atoms with E-state index >= 15 is 0 Å². The molecule has 2 rings (SSSR count). The molecule has 2 aromatic carbocycles. The Morgan fingerprint density at radius 1 is 1.17 bits per heavy atom. The topological polar surface area (TPSA) is 20.3 Å². The fourth-order valence-corrected chi connectivity index (χ4v) is 2.48. The highest BCUT2D eigenvalue weighted by Gasteiger charge is 2.16. The lowest BCUT2D eigenvalue weighted by Crippen LogP contribution is -2.19. The normalized spacial score (nSPS) is 9.87. The lowest BCUT2D eigenvalue weighted by molar-refractivity contribution is 0.0892. The third kappa shape index (κ3) is 4.49. The van der Waals surface area contributed by atoms with E-state index in [9.17, 15) is 9.18 Å². The summed E-state index contributed by atoms with van der Waals surface area (Å²) in [6.07, 6.45) is 1.81. The minimum Gasteiger partial charge on any atom is -0.286 e. The van der Waals surface area contributed by atoms with E-state index in [-0.39, 0.29) is 11.7 Å². The molecule has 2 nitrogen and oxygen atoms in total. The van der Waals surface area contributed by atoms with Gasteiger partial charge in [-0.15, -0.1) is 0 Å².